The Bertz CT molecular complexity index is 1070. The molecule has 1 fully saturated rings. The largest absolute Gasteiger partial charge is 0.341 e. The predicted octanol–water partition coefficient (Wildman–Crippen LogP) is 4.22. The van der Waals surface area contributed by atoms with Crippen molar-refractivity contribution in [2.45, 2.75) is 12.1 Å². The highest BCUT2D eigenvalue weighted by molar-refractivity contribution is 7.44. The fraction of sp³-hybridized carbons (Fsp3) is 0.261. The van der Waals surface area contributed by atoms with Gasteiger partial charge in [0.05, 0.1) is 11.4 Å². The lowest BCUT2D eigenvalue weighted by Crippen LogP contribution is -2.48. The molecule has 3 aliphatic heterocycles. The molecule has 0 spiro atoms. The fourth-order valence-corrected chi connectivity index (χ4v) is 5.22. The van der Waals surface area contributed by atoms with Gasteiger partial charge in [-0.15, -0.1) is 0 Å². The molecule has 0 radical (unpaired) electrons. The van der Waals surface area contributed by atoms with Crippen molar-refractivity contribution in [3.8, 4) is 0 Å². The summed E-state index contributed by atoms with van der Waals surface area (Å²) in [7, 11) is -1.04. The molecule has 5 rings (SSSR count). The SMILES string of the molecule is O=[P+]1CCN(C23CC=C4N=CC=CC=Cc5ccccc5C=NC=C4C2=N3)CC1. The number of allylic oxidation sites excluding steroid dienone is 4. The lowest BCUT2D eigenvalue weighted by molar-refractivity contribution is 0.202. The van der Waals surface area contributed by atoms with Crippen LogP contribution in [0.2, 0.25) is 0 Å². The van der Waals surface area contributed by atoms with E-state index in [2.05, 4.69) is 39.2 Å². The second-order valence-electron chi connectivity index (χ2n) is 7.46. The van der Waals surface area contributed by atoms with E-state index in [0.29, 0.717) is 0 Å². The maximum absolute atomic E-state index is 11.8. The Morgan fingerprint density at radius 3 is 2.72 bits per heavy atom. The molecular weight excluding hydrogens is 379 g/mol. The van der Waals surface area contributed by atoms with Gasteiger partial charge in [-0.1, -0.05) is 53.1 Å². The van der Waals surface area contributed by atoms with Crippen molar-refractivity contribution in [1.29, 1.82) is 0 Å². The van der Waals surface area contributed by atoms with E-state index in [9.17, 15) is 4.57 Å². The quantitative estimate of drug-likeness (QED) is 0.662. The van der Waals surface area contributed by atoms with Crippen molar-refractivity contribution in [2.24, 2.45) is 15.0 Å². The number of rotatable bonds is 1. The number of nitrogens with zero attached hydrogens (tertiary/aromatic N) is 4. The molecule has 3 heterocycles. The maximum atomic E-state index is 11.8. The van der Waals surface area contributed by atoms with Gasteiger partial charge in [-0.05, 0) is 17.2 Å². The molecule has 1 aromatic rings. The number of aliphatic imine (C=N–C) groups is 3. The Morgan fingerprint density at radius 2 is 1.86 bits per heavy atom. The second kappa shape index (κ2) is 7.58. The number of hydrogen-bond acceptors (Lipinski definition) is 5. The molecule has 1 aliphatic carbocycles. The molecule has 0 aromatic heterocycles. The second-order valence-corrected chi connectivity index (χ2v) is 9.32. The lowest BCUT2D eigenvalue weighted by Gasteiger charge is -2.32. The maximum Gasteiger partial charge on any atom is 0.341 e. The van der Waals surface area contributed by atoms with Crippen LogP contribution in [0.25, 0.3) is 6.08 Å². The summed E-state index contributed by atoms with van der Waals surface area (Å²) in [6.45, 7) is 1.68. The van der Waals surface area contributed by atoms with Crippen LogP contribution in [0.4, 0.5) is 0 Å². The zero-order valence-corrected chi connectivity index (χ0v) is 17.0. The Hall–Kier alpha value is -2.75. The number of fused-ring (bicyclic) bond motifs is 4. The van der Waals surface area contributed by atoms with Crippen LogP contribution in [0.3, 0.4) is 0 Å². The topological polar surface area (TPSA) is 57.4 Å². The summed E-state index contributed by atoms with van der Waals surface area (Å²) < 4.78 is 11.8. The first-order chi connectivity index (χ1) is 14.3. The molecule has 0 amide bonds. The Kier molecular flexibility index (Phi) is 4.78. The molecule has 4 aliphatic rings. The molecule has 1 unspecified atom stereocenters. The number of benzene rings is 1. The first-order valence-corrected chi connectivity index (χ1v) is 11.6. The predicted molar refractivity (Wildman–Crippen MR) is 121 cm³/mol. The lowest BCUT2D eigenvalue weighted by atomic mass is 9.92. The van der Waals surface area contributed by atoms with E-state index in [1.165, 1.54) is 0 Å². The van der Waals surface area contributed by atoms with E-state index in [1.807, 2.05) is 49.0 Å². The average molecular weight is 401 g/mol. The average Bonchev–Trinajstić information content (AvgIpc) is 3.48. The summed E-state index contributed by atoms with van der Waals surface area (Å²) in [6, 6.07) is 8.19. The fourth-order valence-electron chi connectivity index (χ4n) is 4.07. The van der Waals surface area contributed by atoms with Crippen LogP contribution in [0.1, 0.15) is 17.5 Å². The number of hydrogen-bond donors (Lipinski definition) is 0. The minimum atomic E-state index is -1.04. The van der Waals surface area contributed by atoms with Crippen LogP contribution in [0.15, 0.2) is 81.0 Å². The Balaban J connectivity index is 1.49. The molecule has 29 heavy (non-hydrogen) atoms. The van der Waals surface area contributed by atoms with Crippen molar-refractivity contribution in [3.05, 3.63) is 77.2 Å². The van der Waals surface area contributed by atoms with Crippen molar-refractivity contribution in [3.63, 3.8) is 0 Å². The first kappa shape index (κ1) is 18.3. The zero-order chi connectivity index (χ0) is 19.7. The summed E-state index contributed by atoms with van der Waals surface area (Å²) in [5.41, 5.74) is 4.89. The molecular formula is C23H22N4OP+. The van der Waals surface area contributed by atoms with Gasteiger partial charge < -0.3 is 0 Å². The van der Waals surface area contributed by atoms with Crippen LogP contribution in [-0.2, 0) is 4.57 Å². The van der Waals surface area contributed by atoms with Gasteiger partial charge >= 0.3 is 7.80 Å². The highest BCUT2D eigenvalue weighted by atomic mass is 31.1. The van der Waals surface area contributed by atoms with Gasteiger partial charge in [0, 0.05) is 43.7 Å². The van der Waals surface area contributed by atoms with Gasteiger partial charge in [0.1, 0.15) is 0 Å². The van der Waals surface area contributed by atoms with Gasteiger partial charge in [-0.25, -0.2) is 0 Å². The molecule has 5 nitrogen and oxygen atoms in total. The molecule has 1 atom stereocenters. The van der Waals surface area contributed by atoms with E-state index in [-0.39, 0.29) is 5.66 Å². The minimum absolute atomic E-state index is 0.264. The molecule has 0 N–H and O–H groups in total. The van der Waals surface area contributed by atoms with Crippen LogP contribution in [-0.4, -0.2) is 54.1 Å². The summed E-state index contributed by atoms with van der Waals surface area (Å²) in [5.74, 6) is 0. The van der Waals surface area contributed by atoms with Crippen LogP contribution in [0, 0.1) is 0 Å². The third-order valence-electron chi connectivity index (χ3n) is 5.71. The standard InChI is InChI=1S/C23H22N4OP/c28-29-14-12-27(13-15-29)23-10-9-21-20(22(23)26-23)17-24-16-19-8-4-3-7-18(19)6-2-1-5-11-25-21/h1-9,11,16-17H,10,12-15H2/q+1. The molecule has 0 saturated carbocycles. The van der Waals surface area contributed by atoms with Gasteiger partial charge in [0.15, 0.2) is 18.0 Å². The molecule has 1 aromatic carbocycles. The normalized spacial score (nSPS) is 26.1. The summed E-state index contributed by atoms with van der Waals surface area (Å²) >= 11 is 0. The van der Waals surface area contributed by atoms with Crippen molar-refractivity contribution in [2.75, 3.05) is 25.4 Å². The van der Waals surface area contributed by atoms with Crippen molar-refractivity contribution >= 4 is 32.0 Å². The van der Waals surface area contributed by atoms with Gasteiger partial charge in [0.2, 0.25) is 0 Å². The van der Waals surface area contributed by atoms with Gasteiger partial charge in [0.25, 0.3) is 0 Å². The summed E-state index contributed by atoms with van der Waals surface area (Å²) in [6.07, 6.45) is 18.1. The van der Waals surface area contributed by atoms with E-state index >= 15 is 0 Å². The minimum Gasteiger partial charge on any atom is -0.266 e. The molecule has 6 heteroatoms. The van der Waals surface area contributed by atoms with Crippen LogP contribution >= 0.6 is 7.80 Å². The first-order valence-electron chi connectivity index (χ1n) is 9.94. The molecule has 0 bridgehead atoms. The van der Waals surface area contributed by atoms with Crippen molar-refractivity contribution in [1.82, 2.24) is 4.90 Å². The van der Waals surface area contributed by atoms with E-state index in [4.69, 9.17) is 4.99 Å². The van der Waals surface area contributed by atoms with Crippen molar-refractivity contribution < 1.29 is 4.57 Å². The Labute approximate surface area is 171 Å². The third kappa shape index (κ3) is 3.52. The zero-order valence-electron chi connectivity index (χ0n) is 16.1. The third-order valence-corrected chi connectivity index (χ3v) is 7.11. The van der Waals surface area contributed by atoms with E-state index in [0.717, 1.165) is 59.9 Å². The monoisotopic (exact) mass is 401 g/mol. The Morgan fingerprint density at radius 1 is 1.03 bits per heavy atom. The molecule has 144 valence electrons. The van der Waals surface area contributed by atoms with Crippen LogP contribution in [0.5, 0.6) is 0 Å². The summed E-state index contributed by atoms with van der Waals surface area (Å²) in [5, 5.41) is 0. The van der Waals surface area contributed by atoms with E-state index in [1.54, 1.807) is 0 Å². The van der Waals surface area contributed by atoms with E-state index < -0.39 is 7.80 Å². The van der Waals surface area contributed by atoms with Crippen LogP contribution < -0.4 is 0 Å². The highest BCUT2D eigenvalue weighted by Gasteiger charge is 2.56. The molecule has 1 saturated heterocycles. The smallest absolute Gasteiger partial charge is 0.266 e. The highest BCUT2D eigenvalue weighted by Crippen LogP contribution is 2.47. The summed E-state index contributed by atoms with van der Waals surface area (Å²) in [4.78, 5) is 16.6. The van der Waals surface area contributed by atoms with Gasteiger partial charge in [-0.2, -0.15) is 0 Å². The van der Waals surface area contributed by atoms with Gasteiger partial charge in [-0.3, -0.25) is 19.9 Å².